The lowest BCUT2D eigenvalue weighted by Crippen LogP contribution is -2.39. The van der Waals surface area contributed by atoms with Crippen molar-refractivity contribution < 1.29 is 17.9 Å². The quantitative estimate of drug-likeness (QED) is 0.664. The molecule has 0 aliphatic rings. The predicted octanol–water partition coefficient (Wildman–Crippen LogP) is 3.61. The van der Waals surface area contributed by atoms with E-state index in [9.17, 15) is 13.2 Å². The fourth-order valence-electron chi connectivity index (χ4n) is 2.40. The molecule has 146 valence electrons. The maximum Gasteiger partial charge on any atom is 0.243 e. The summed E-state index contributed by atoms with van der Waals surface area (Å²) >= 11 is 9.36. The van der Waals surface area contributed by atoms with Gasteiger partial charge in [-0.15, -0.1) is 0 Å². The summed E-state index contributed by atoms with van der Waals surface area (Å²) in [7, 11) is -1.07. The van der Waals surface area contributed by atoms with Crippen molar-refractivity contribution >= 4 is 43.5 Å². The molecule has 0 bridgehead atoms. The Labute approximate surface area is 172 Å². The molecule has 2 aromatic rings. The number of halogens is 2. The molecule has 9 heteroatoms. The third-order valence-electron chi connectivity index (χ3n) is 3.95. The lowest BCUT2D eigenvalue weighted by atomic mass is 10.1. The van der Waals surface area contributed by atoms with Crippen molar-refractivity contribution in [2.24, 2.45) is 0 Å². The zero-order valence-corrected chi connectivity index (χ0v) is 18.2. The number of likely N-dealkylation sites (N-methyl/N-ethyl adjacent to an activating group) is 1. The number of nitrogens with zero attached hydrogens (tertiary/aromatic N) is 1. The molecule has 1 atom stereocenters. The topological polar surface area (TPSA) is 75.7 Å². The fraction of sp³-hybridized carbons (Fsp3) is 0.278. The van der Waals surface area contributed by atoms with Crippen molar-refractivity contribution in [3.05, 3.63) is 57.5 Å². The Bertz CT molecular complexity index is 919. The number of amides is 1. The number of hydrogen-bond donors (Lipinski definition) is 1. The van der Waals surface area contributed by atoms with Gasteiger partial charge in [-0.3, -0.25) is 4.79 Å². The van der Waals surface area contributed by atoms with Crippen molar-refractivity contribution in [1.29, 1.82) is 0 Å². The molecule has 0 spiro atoms. The van der Waals surface area contributed by atoms with Gasteiger partial charge in [-0.2, -0.15) is 4.31 Å². The number of sulfonamides is 1. The number of rotatable bonds is 7. The van der Waals surface area contributed by atoms with Crippen LogP contribution in [-0.2, 0) is 14.8 Å². The van der Waals surface area contributed by atoms with Crippen LogP contribution >= 0.6 is 27.5 Å². The Morgan fingerprint density at radius 2 is 1.89 bits per heavy atom. The number of ether oxygens (including phenoxy) is 1. The van der Waals surface area contributed by atoms with E-state index in [1.807, 2.05) is 31.2 Å². The summed E-state index contributed by atoms with van der Waals surface area (Å²) in [5, 5.41) is 2.97. The zero-order chi connectivity index (χ0) is 20.2. The Hall–Kier alpha value is -1.61. The van der Waals surface area contributed by atoms with Crippen molar-refractivity contribution in [3.8, 4) is 5.75 Å². The van der Waals surface area contributed by atoms with Gasteiger partial charge in [-0.1, -0.05) is 39.7 Å². The summed E-state index contributed by atoms with van der Waals surface area (Å²) in [6.07, 6.45) is 0. The molecular formula is C18H20BrClN2O4S. The van der Waals surface area contributed by atoms with Gasteiger partial charge in [0, 0.05) is 11.5 Å². The van der Waals surface area contributed by atoms with Crippen LogP contribution in [0.25, 0.3) is 0 Å². The Morgan fingerprint density at radius 3 is 2.44 bits per heavy atom. The first kappa shape index (κ1) is 21.7. The minimum absolute atomic E-state index is 0.00967. The average Bonchev–Trinajstić information content (AvgIpc) is 2.61. The molecule has 0 radical (unpaired) electrons. The molecule has 0 saturated heterocycles. The first-order valence-corrected chi connectivity index (χ1v) is 10.6. The Morgan fingerprint density at radius 1 is 1.26 bits per heavy atom. The van der Waals surface area contributed by atoms with Gasteiger partial charge in [-0.25, -0.2) is 8.42 Å². The lowest BCUT2D eigenvalue weighted by Gasteiger charge is -2.20. The molecular weight excluding hydrogens is 456 g/mol. The van der Waals surface area contributed by atoms with Gasteiger partial charge in [0.25, 0.3) is 0 Å². The SMILES string of the molecule is COc1ccc(S(=O)(=O)N(C)CC(=O)NC(C)c2ccc(Br)cc2)cc1Cl. The van der Waals surface area contributed by atoms with Crippen LogP contribution < -0.4 is 10.1 Å². The molecule has 0 aromatic heterocycles. The highest BCUT2D eigenvalue weighted by atomic mass is 79.9. The van der Waals surface area contributed by atoms with Crippen molar-refractivity contribution in [2.45, 2.75) is 17.9 Å². The van der Waals surface area contributed by atoms with Crippen molar-refractivity contribution in [3.63, 3.8) is 0 Å². The lowest BCUT2D eigenvalue weighted by molar-refractivity contribution is -0.121. The van der Waals surface area contributed by atoms with Crippen molar-refractivity contribution in [2.75, 3.05) is 20.7 Å². The normalized spacial score (nSPS) is 12.7. The molecule has 1 N–H and O–H groups in total. The number of carbonyl (C=O) groups is 1. The van der Waals surface area contributed by atoms with Crippen LogP contribution in [0.1, 0.15) is 18.5 Å². The van der Waals surface area contributed by atoms with Gasteiger partial charge < -0.3 is 10.1 Å². The largest absolute Gasteiger partial charge is 0.495 e. The molecule has 2 aromatic carbocycles. The summed E-state index contributed by atoms with van der Waals surface area (Å²) in [4.78, 5) is 12.3. The summed E-state index contributed by atoms with van der Waals surface area (Å²) < 4.78 is 32.3. The highest BCUT2D eigenvalue weighted by molar-refractivity contribution is 9.10. The monoisotopic (exact) mass is 474 g/mol. The van der Waals surface area contributed by atoms with Gasteiger partial charge >= 0.3 is 0 Å². The van der Waals surface area contributed by atoms with Gasteiger partial charge in [0.05, 0.1) is 29.6 Å². The van der Waals surface area contributed by atoms with Crippen LogP contribution in [0.5, 0.6) is 5.75 Å². The Balaban J connectivity index is 2.06. The number of methoxy groups -OCH3 is 1. The molecule has 2 rings (SSSR count). The second-order valence-corrected chi connectivity index (χ2v) is 9.27. The van der Waals surface area contributed by atoms with E-state index in [1.165, 1.54) is 32.4 Å². The second kappa shape index (κ2) is 9.05. The molecule has 6 nitrogen and oxygen atoms in total. The van der Waals surface area contributed by atoms with E-state index in [4.69, 9.17) is 16.3 Å². The second-order valence-electron chi connectivity index (χ2n) is 5.90. The summed E-state index contributed by atoms with van der Waals surface area (Å²) in [6.45, 7) is 1.52. The molecule has 0 aliphatic carbocycles. The number of carbonyl (C=O) groups excluding carboxylic acids is 1. The van der Waals surface area contributed by atoms with Gasteiger partial charge in [0.1, 0.15) is 5.75 Å². The van der Waals surface area contributed by atoms with Gasteiger partial charge in [0.15, 0.2) is 0 Å². The highest BCUT2D eigenvalue weighted by Crippen LogP contribution is 2.28. The molecule has 0 heterocycles. The van der Waals surface area contributed by atoms with Gasteiger partial charge in [0.2, 0.25) is 15.9 Å². The summed E-state index contributed by atoms with van der Waals surface area (Å²) in [5.41, 5.74) is 0.916. The van der Waals surface area contributed by atoms with E-state index in [0.29, 0.717) is 5.75 Å². The minimum Gasteiger partial charge on any atom is -0.495 e. The smallest absolute Gasteiger partial charge is 0.243 e. The molecule has 1 amide bonds. The van der Waals surface area contributed by atoms with E-state index >= 15 is 0 Å². The van der Waals surface area contributed by atoms with E-state index in [2.05, 4.69) is 21.2 Å². The molecule has 27 heavy (non-hydrogen) atoms. The zero-order valence-electron chi connectivity index (χ0n) is 15.1. The Kier molecular flexibility index (Phi) is 7.27. The summed E-state index contributed by atoms with van der Waals surface area (Å²) in [6, 6.07) is 11.4. The molecule has 0 saturated carbocycles. The van der Waals surface area contributed by atoms with E-state index < -0.39 is 15.9 Å². The first-order chi connectivity index (χ1) is 12.6. The minimum atomic E-state index is -3.86. The average molecular weight is 476 g/mol. The van der Waals surface area contributed by atoms with Crippen LogP contribution in [0.4, 0.5) is 0 Å². The van der Waals surface area contributed by atoms with E-state index in [-0.39, 0.29) is 22.5 Å². The van der Waals surface area contributed by atoms with Crippen LogP contribution in [0.15, 0.2) is 51.8 Å². The maximum absolute atomic E-state index is 12.7. The number of hydrogen-bond acceptors (Lipinski definition) is 4. The highest BCUT2D eigenvalue weighted by Gasteiger charge is 2.24. The third-order valence-corrected chi connectivity index (χ3v) is 6.57. The van der Waals surface area contributed by atoms with Crippen LogP contribution in [-0.4, -0.2) is 39.3 Å². The van der Waals surface area contributed by atoms with Crippen LogP contribution in [0.3, 0.4) is 0 Å². The van der Waals surface area contributed by atoms with Crippen LogP contribution in [0, 0.1) is 0 Å². The standard InChI is InChI=1S/C18H20BrClN2O4S/c1-12(13-4-6-14(19)7-5-13)21-18(23)11-22(2)27(24,25)15-8-9-17(26-3)16(20)10-15/h4-10,12H,11H2,1-3H3,(H,21,23). The third kappa shape index (κ3) is 5.44. The predicted molar refractivity (Wildman–Crippen MR) is 109 cm³/mol. The fourth-order valence-corrected chi connectivity index (χ4v) is 4.14. The molecule has 1 unspecified atom stereocenters. The molecule has 0 fully saturated rings. The first-order valence-electron chi connectivity index (χ1n) is 8.00. The van der Waals surface area contributed by atoms with E-state index in [0.717, 1.165) is 14.3 Å². The van der Waals surface area contributed by atoms with E-state index in [1.54, 1.807) is 0 Å². The summed E-state index contributed by atoms with van der Waals surface area (Å²) in [5.74, 6) is -0.0320. The number of benzene rings is 2. The maximum atomic E-state index is 12.7. The van der Waals surface area contributed by atoms with Crippen molar-refractivity contribution in [1.82, 2.24) is 9.62 Å². The number of nitrogens with one attached hydrogen (secondary N) is 1. The molecule has 0 aliphatic heterocycles. The van der Waals surface area contributed by atoms with Gasteiger partial charge in [-0.05, 0) is 42.8 Å². The van der Waals surface area contributed by atoms with Crippen LogP contribution in [0.2, 0.25) is 5.02 Å².